The third kappa shape index (κ3) is 3.37. The summed E-state index contributed by atoms with van der Waals surface area (Å²) in [7, 11) is 0. The first kappa shape index (κ1) is 21.0. The van der Waals surface area contributed by atoms with E-state index >= 15 is 0 Å². The number of aryl methyl sites for hydroxylation is 1. The third-order valence-corrected chi connectivity index (χ3v) is 7.10. The highest BCUT2D eigenvalue weighted by atomic mass is 19.1. The highest BCUT2D eigenvalue weighted by Gasteiger charge is 2.56. The van der Waals surface area contributed by atoms with Gasteiger partial charge in [0.25, 0.3) is 5.91 Å². The number of likely N-dealkylation sites (tertiary alicyclic amines) is 1. The Morgan fingerprint density at radius 1 is 1.00 bits per heavy atom. The van der Waals surface area contributed by atoms with Crippen LogP contribution in [0.3, 0.4) is 0 Å². The number of rotatable bonds is 2. The van der Waals surface area contributed by atoms with Gasteiger partial charge in [0.1, 0.15) is 17.5 Å². The summed E-state index contributed by atoms with van der Waals surface area (Å²) in [6, 6.07) is 7.49. The summed E-state index contributed by atoms with van der Waals surface area (Å²) in [4.78, 5) is 28.0. The minimum atomic E-state index is -0.654. The van der Waals surface area contributed by atoms with Crippen molar-refractivity contribution in [3.63, 3.8) is 0 Å². The van der Waals surface area contributed by atoms with Crippen molar-refractivity contribution in [3.8, 4) is 0 Å². The number of amides is 2. The van der Waals surface area contributed by atoms with Crippen molar-refractivity contribution in [2.75, 3.05) is 26.2 Å². The van der Waals surface area contributed by atoms with Gasteiger partial charge in [-0.05, 0) is 61.6 Å². The monoisotopic (exact) mass is 443 g/mol. The molecule has 3 aliphatic rings. The standard InChI is InChI=1S/C24H24F3N3O2/c1-15-2-3-16(12-20(15)27)22(31)28-8-5-24(6-9-28)14-29-7-4-21(30(29)23(24)32)17-10-18(25)13-19(26)11-17/h2-3,10-13,21H,4-9,14H2,1H3/t21-/m0/s1. The average molecular weight is 443 g/mol. The van der Waals surface area contributed by atoms with Crippen LogP contribution in [0.4, 0.5) is 13.2 Å². The van der Waals surface area contributed by atoms with E-state index in [9.17, 15) is 22.8 Å². The second-order valence-corrected chi connectivity index (χ2v) is 9.08. The Hall–Kier alpha value is -2.87. The van der Waals surface area contributed by atoms with Gasteiger partial charge in [0, 0.05) is 37.8 Å². The number of benzene rings is 2. The number of halogens is 3. The van der Waals surface area contributed by atoms with Crippen LogP contribution in [0.5, 0.6) is 0 Å². The molecule has 0 aromatic heterocycles. The lowest BCUT2D eigenvalue weighted by Crippen LogP contribution is -2.48. The Labute approximate surface area is 184 Å². The average Bonchev–Trinajstić information content (AvgIpc) is 3.28. The second kappa shape index (κ2) is 7.62. The van der Waals surface area contributed by atoms with Gasteiger partial charge in [-0.2, -0.15) is 0 Å². The number of hydrazine groups is 1. The zero-order valence-corrected chi connectivity index (χ0v) is 17.8. The van der Waals surface area contributed by atoms with Crippen molar-refractivity contribution in [2.24, 2.45) is 5.41 Å². The molecule has 0 N–H and O–H groups in total. The zero-order chi connectivity index (χ0) is 22.6. The van der Waals surface area contributed by atoms with Gasteiger partial charge < -0.3 is 4.90 Å². The van der Waals surface area contributed by atoms with Gasteiger partial charge in [-0.25, -0.2) is 18.2 Å². The summed E-state index contributed by atoms with van der Waals surface area (Å²) in [6.45, 7) is 3.64. The van der Waals surface area contributed by atoms with Crippen LogP contribution < -0.4 is 0 Å². The highest BCUT2D eigenvalue weighted by molar-refractivity contribution is 5.94. The minimum absolute atomic E-state index is 0.0434. The summed E-state index contributed by atoms with van der Waals surface area (Å²) >= 11 is 0. The maximum atomic E-state index is 13.9. The molecular formula is C24H24F3N3O2. The number of carbonyl (C=O) groups excluding carboxylic acids is 2. The Morgan fingerprint density at radius 3 is 2.34 bits per heavy atom. The molecule has 0 unspecified atom stereocenters. The van der Waals surface area contributed by atoms with E-state index in [2.05, 4.69) is 0 Å². The van der Waals surface area contributed by atoms with Crippen molar-refractivity contribution >= 4 is 11.8 Å². The number of nitrogens with zero attached hydrogens (tertiary/aromatic N) is 3. The van der Waals surface area contributed by atoms with E-state index in [0.29, 0.717) is 62.1 Å². The van der Waals surface area contributed by atoms with Crippen LogP contribution in [0.1, 0.15) is 46.8 Å². The van der Waals surface area contributed by atoms with E-state index in [0.717, 1.165) is 6.07 Å². The summed E-state index contributed by atoms with van der Waals surface area (Å²) in [5.74, 6) is -2.00. The summed E-state index contributed by atoms with van der Waals surface area (Å²) < 4.78 is 41.4. The molecule has 2 aromatic rings. The molecule has 2 aromatic carbocycles. The quantitative estimate of drug-likeness (QED) is 0.709. The molecule has 3 heterocycles. The van der Waals surface area contributed by atoms with Crippen LogP contribution in [0.15, 0.2) is 36.4 Å². The first-order chi connectivity index (χ1) is 15.3. The smallest absolute Gasteiger partial charge is 0.253 e. The van der Waals surface area contributed by atoms with Crippen LogP contribution in [0.2, 0.25) is 0 Å². The normalized spacial score (nSPS) is 22.6. The van der Waals surface area contributed by atoms with E-state index in [4.69, 9.17) is 0 Å². The van der Waals surface area contributed by atoms with E-state index in [1.54, 1.807) is 29.0 Å². The molecule has 1 spiro atoms. The number of fused-ring (bicyclic) bond motifs is 1. The molecule has 2 amide bonds. The second-order valence-electron chi connectivity index (χ2n) is 9.08. The highest BCUT2D eigenvalue weighted by Crippen LogP contribution is 2.47. The van der Waals surface area contributed by atoms with Crippen LogP contribution in [-0.4, -0.2) is 52.9 Å². The fourth-order valence-electron chi connectivity index (χ4n) is 5.28. The molecule has 3 aliphatic heterocycles. The molecule has 168 valence electrons. The van der Waals surface area contributed by atoms with Crippen molar-refractivity contribution in [3.05, 3.63) is 70.5 Å². The molecular weight excluding hydrogens is 419 g/mol. The van der Waals surface area contributed by atoms with Crippen LogP contribution in [0, 0.1) is 29.8 Å². The molecule has 5 nitrogen and oxygen atoms in total. The fourth-order valence-corrected chi connectivity index (χ4v) is 5.28. The van der Waals surface area contributed by atoms with Crippen molar-refractivity contribution in [1.29, 1.82) is 0 Å². The first-order valence-corrected chi connectivity index (χ1v) is 10.9. The van der Waals surface area contributed by atoms with Crippen molar-refractivity contribution < 1.29 is 22.8 Å². The minimum Gasteiger partial charge on any atom is -0.339 e. The lowest BCUT2D eigenvalue weighted by atomic mass is 9.77. The Balaban J connectivity index is 1.31. The lowest BCUT2D eigenvalue weighted by molar-refractivity contribution is -0.144. The molecule has 3 saturated heterocycles. The molecule has 0 bridgehead atoms. The maximum absolute atomic E-state index is 13.9. The molecule has 0 saturated carbocycles. The molecule has 1 atom stereocenters. The van der Waals surface area contributed by atoms with Crippen molar-refractivity contribution in [1.82, 2.24) is 14.9 Å². The van der Waals surface area contributed by atoms with E-state index in [1.807, 2.05) is 5.01 Å². The largest absolute Gasteiger partial charge is 0.339 e. The molecule has 8 heteroatoms. The van der Waals surface area contributed by atoms with Gasteiger partial charge in [-0.15, -0.1) is 0 Å². The van der Waals surface area contributed by atoms with Gasteiger partial charge in [0.15, 0.2) is 0 Å². The molecule has 5 rings (SSSR count). The van der Waals surface area contributed by atoms with Crippen molar-refractivity contribution in [2.45, 2.75) is 32.2 Å². The third-order valence-electron chi connectivity index (χ3n) is 7.10. The Kier molecular flexibility index (Phi) is 5.00. The zero-order valence-electron chi connectivity index (χ0n) is 17.8. The Morgan fingerprint density at radius 2 is 1.69 bits per heavy atom. The fraction of sp³-hybridized carbons (Fsp3) is 0.417. The number of hydrogen-bond acceptors (Lipinski definition) is 3. The van der Waals surface area contributed by atoms with E-state index < -0.39 is 22.9 Å². The molecule has 0 aliphatic carbocycles. The van der Waals surface area contributed by atoms with Crippen LogP contribution in [-0.2, 0) is 4.79 Å². The van der Waals surface area contributed by atoms with Gasteiger partial charge in [0.2, 0.25) is 5.91 Å². The van der Waals surface area contributed by atoms with Gasteiger partial charge >= 0.3 is 0 Å². The topological polar surface area (TPSA) is 43.9 Å². The number of carbonyl (C=O) groups is 2. The van der Waals surface area contributed by atoms with E-state index in [-0.39, 0.29) is 17.9 Å². The summed E-state index contributed by atoms with van der Waals surface area (Å²) in [5, 5.41) is 3.64. The molecule has 32 heavy (non-hydrogen) atoms. The summed E-state index contributed by atoms with van der Waals surface area (Å²) in [5.41, 5.74) is 0.640. The molecule has 3 fully saturated rings. The maximum Gasteiger partial charge on any atom is 0.253 e. The van der Waals surface area contributed by atoms with Gasteiger partial charge in [-0.3, -0.25) is 14.6 Å². The number of hydrogen-bond donors (Lipinski definition) is 0. The first-order valence-electron chi connectivity index (χ1n) is 10.9. The number of piperidine rings is 1. The SMILES string of the molecule is Cc1ccc(C(=O)N2CCC3(CC2)CN2CC[C@@H](c4cc(F)cc(F)c4)N2C3=O)cc1F. The van der Waals surface area contributed by atoms with Gasteiger partial charge in [0.05, 0.1) is 11.5 Å². The van der Waals surface area contributed by atoms with Gasteiger partial charge in [-0.1, -0.05) is 6.07 Å². The predicted octanol–water partition coefficient (Wildman–Crippen LogP) is 3.84. The molecule has 0 radical (unpaired) electrons. The van der Waals surface area contributed by atoms with Crippen LogP contribution in [0.25, 0.3) is 0 Å². The summed E-state index contributed by atoms with van der Waals surface area (Å²) in [6.07, 6.45) is 1.63. The van der Waals surface area contributed by atoms with E-state index in [1.165, 1.54) is 18.2 Å². The lowest BCUT2D eigenvalue weighted by Gasteiger charge is -2.38. The van der Waals surface area contributed by atoms with Crippen LogP contribution >= 0.6 is 0 Å². The predicted molar refractivity (Wildman–Crippen MR) is 111 cm³/mol. The Bertz CT molecular complexity index is 1080.